The van der Waals surface area contributed by atoms with Crippen LogP contribution < -0.4 is 14.4 Å². The standard InChI is InChI=1S/C35H46FN7O3/c1-5-43(24(2)3)35(44)28-20-25(36)6-7-31(28)46-33-21-37-23-39-34(33)42-18-11-27(12-19-42)45-32-8-14-38-30-13-17-41(22-29(30)32)16-10-26-9-15-40(26)4/h6-8,14,20-21,23-24,26-27H,5,9-13,15-19,22H2,1-4H3/t26-/m1/s1. The van der Waals surface area contributed by atoms with Crippen LogP contribution in [-0.2, 0) is 13.0 Å². The first kappa shape index (κ1) is 32.1. The third kappa shape index (κ3) is 7.10. The number of nitrogens with zero attached hydrogens (tertiary/aromatic N) is 7. The van der Waals surface area contributed by atoms with Crippen LogP contribution in [0.15, 0.2) is 43.0 Å². The molecule has 2 aromatic heterocycles. The minimum Gasteiger partial charge on any atom is -0.490 e. The number of piperidine rings is 1. The zero-order valence-corrected chi connectivity index (χ0v) is 27.5. The highest BCUT2D eigenvalue weighted by molar-refractivity contribution is 5.97. The molecule has 1 atom stereocenters. The number of pyridine rings is 1. The van der Waals surface area contributed by atoms with E-state index in [4.69, 9.17) is 9.47 Å². The molecular weight excluding hydrogens is 585 g/mol. The molecule has 3 aliphatic rings. The Bertz CT molecular complexity index is 1510. The molecule has 5 heterocycles. The fourth-order valence-corrected chi connectivity index (χ4v) is 6.79. The summed E-state index contributed by atoms with van der Waals surface area (Å²) in [6, 6.07) is 6.73. The van der Waals surface area contributed by atoms with Crippen molar-refractivity contribution in [3.8, 4) is 17.2 Å². The van der Waals surface area contributed by atoms with Gasteiger partial charge in [-0.2, -0.15) is 0 Å². The van der Waals surface area contributed by atoms with Gasteiger partial charge in [0.05, 0.1) is 11.8 Å². The number of likely N-dealkylation sites (tertiary alicyclic amines) is 1. The van der Waals surface area contributed by atoms with Crippen molar-refractivity contribution in [2.24, 2.45) is 0 Å². The van der Waals surface area contributed by atoms with Gasteiger partial charge >= 0.3 is 0 Å². The number of benzene rings is 1. The summed E-state index contributed by atoms with van der Waals surface area (Å²) in [5, 5.41) is 0. The lowest BCUT2D eigenvalue weighted by molar-refractivity contribution is 0.0713. The van der Waals surface area contributed by atoms with Gasteiger partial charge in [-0.25, -0.2) is 14.4 Å². The van der Waals surface area contributed by atoms with Crippen molar-refractivity contribution < 1.29 is 18.7 Å². The van der Waals surface area contributed by atoms with Crippen molar-refractivity contribution in [1.29, 1.82) is 0 Å². The molecule has 6 rings (SSSR count). The molecule has 0 aliphatic carbocycles. The molecule has 0 bridgehead atoms. The van der Waals surface area contributed by atoms with Crippen LogP contribution >= 0.6 is 0 Å². The number of fused-ring (bicyclic) bond motifs is 1. The number of aromatic nitrogens is 3. The normalized spacial score (nSPS) is 19.1. The summed E-state index contributed by atoms with van der Waals surface area (Å²) in [7, 11) is 2.22. The SMILES string of the molecule is CCN(C(=O)c1cc(F)ccc1Oc1cncnc1N1CCC(Oc2ccnc3c2CN(CC[C@H]2CCN2C)CC3)CC1)C(C)C. The average molecular weight is 632 g/mol. The minimum absolute atomic E-state index is 0.0384. The molecule has 0 radical (unpaired) electrons. The number of amides is 1. The third-order valence-electron chi connectivity index (χ3n) is 9.68. The number of rotatable bonds is 11. The second kappa shape index (κ2) is 14.3. The van der Waals surface area contributed by atoms with E-state index < -0.39 is 5.82 Å². The highest BCUT2D eigenvalue weighted by Crippen LogP contribution is 2.35. The third-order valence-corrected chi connectivity index (χ3v) is 9.68. The second-order valence-corrected chi connectivity index (χ2v) is 12.9. The Morgan fingerprint density at radius 1 is 1.07 bits per heavy atom. The molecule has 0 spiro atoms. The largest absolute Gasteiger partial charge is 0.490 e. The Balaban J connectivity index is 1.10. The number of hydrogen-bond acceptors (Lipinski definition) is 9. The molecule has 46 heavy (non-hydrogen) atoms. The first-order chi connectivity index (χ1) is 22.3. The summed E-state index contributed by atoms with van der Waals surface area (Å²) in [6.45, 7) is 12.0. The highest BCUT2D eigenvalue weighted by Gasteiger charge is 2.29. The van der Waals surface area contributed by atoms with E-state index in [1.807, 2.05) is 33.0 Å². The number of halogens is 1. The molecule has 11 heteroatoms. The molecule has 0 N–H and O–H groups in total. The number of anilines is 1. The van der Waals surface area contributed by atoms with Crippen LogP contribution in [0.4, 0.5) is 10.2 Å². The maximum atomic E-state index is 14.3. The molecular formula is C35H46FN7O3. The van der Waals surface area contributed by atoms with Gasteiger partial charge in [-0.1, -0.05) is 0 Å². The number of carbonyl (C=O) groups is 1. The number of carbonyl (C=O) groups excluding carboxylic acids is 1. The van der Waals surface area contributed by atoms with Gasteiger partial charge in [0, 0.05) is 81.5 Å². The molecule has 2 fully saturated rings. The molecule has 0 saturated carbocycles. The van der Waals surface area contributed by atoms with Gasteiger partial charge < -0.3 is 24.2 Å². The van der Waals surface area contributed by atoms with Crippen LogP contribution in [0, 0.1) is 5.82 Å². The van der Waals surface area contributed by atoms with Crippen LogP contribution in [0.5, 0.6) is 17.2 Å². The molecule has 1 aromatic carbocycles. The summed E-state index contributed by atoms with van der Waals surface area (Å²) in [4.78, 5) is 35.6. The van der Waals surface area contributed by atoms with Gasteiger partial charge in [-0.05, 0) is 78.0 Å². The van der Waals surface area contributed by atoms with Crippen LogP contribution in [0.3, 0.4) is 0 Å². The predicted molar refractivity (Wildman–Crippen MR) is 175 cm³/mol. The monoisotopic (exact) mass is 631 g/mol. The molecule has 1 amide bonds. The zero-order valence-electron chi connectivity index (χ0n) is 27.5. The highest BCUT2D eigenvalue weighted by atomic mass is 19.1. The van der Waals surface area contributed by atoms with E-state index in [1.165, 1.54) is 49.5 Å². The molecule has 0 unspecified atom stereocenters. The minimum atomic E-state index is -0.494. The lowest BCUT2D eigenvalue weighted by atomic mass is 9.99. The van der Waals surface area contributed by atoms with Crippen molar-refractivity contribution >= 4 is 11.7 Å². The summed E-state index contributed by atoms with van der Waals surface area (Å²) in [5.74, 6) is 1.52. The molecule has 3 aromatic rings. The molecule has 246 valence electrons. The molecule has 2 saturated heterocycles. The quantitative estimate of drug-likeness (QED) is 0.284. The van der Waals surface area contributed by atoms with Gasteiger partial charge in [-0.3, -0.25) is 14.7 Å². The van der Waals surface area contributed by atoms with Crippen LogP contribution in [0.1, 0.15) is 68.1 Å². The first-order valence-electron chi connectivity index (χ1n) is 16.7. The summed E-state index contributed by atoms with van der Waals surface area (Å²) in [6.07, 6.45) is 10.2. The van der Waals surface area contributed by atoms with E-state index in [9.17, 15) is 9.18 Å². The average Bonchev–Trinajstić information content (AvgIpc) is 3.06. The maximum Gasteiger partial charge on any atom is 0.257 e. The van der Waals surface area contributed by atoms with Crippen LogP contribution in [-0.4, -0.2) is 100 Å². The summed E-state index contributed by atoms with van der Waals surface area (Å²) < 4.78 is 27.2. The number of ether oxygens (including phenoxy) is 2. The van der Waals surface area contributed by atoms with Crippen LogP contribution in [0.25, 0.3) is 0 Å². The fraction of sp³-hybridized carbons (Fsp3) is 0.543. The smallest absolute Gasteiger partial charge is 0.257 e. The maximum absolute atomic E-state index is 14.3. The summed E-state index contributed by atoms with van der Waals surface area (Å²) >= 11 is 0. The van der Waals surface area contributed by atoms with Gasteiger partial charge in [0.1, 0.15) is 29.7 Å². The van der Waals surface area contributed by atoms with Crippen molar-refractivity contribution in [3.63, 3.8) is 0 Å². The second-order valence-electron chi connectivity index (χ2n) is 12.9. The van der Waals surface area contributed by atoms with E-state index >= 15 is 0 Å². The van der Waals surface area contributed by atoms with E-state index in [1.54, 1.807) is 11.1 Å². The fourth-order valence-electron chi connectivity index (χ4n) is 6.79. The van der Waals surface area contributed by atoms with Gasteiger partial charge in [0.25, 0.3) is 5.91 Å². The Labute approximate surface area is 271 Å². The first-order valence-corrected chi connectivity index (χ1v) is 16.7. The van der Waals surface area contributed by atoms with Crippen molar-refractivity contribution in [3.05, 3.63) is 65.6 Å². The predicted octanol–water partition coefficient (Wildman–Crippen LogP) is 5.17. The Morgan fingerprint density at radius 3 is 2.61 bits per heavy atom. The number of hydrogen-bond donors (Lipinski definition) is 0. The zero-order chi connectivity index (χ0) is 32.2. The lowest BCUT2D eigenvalue weighted by Gasteiger charge is -2.39. The van der Waals surface area contributed by atoms with Crippen molar-refractivity contribution in [1.82, 2.24) is 29.7 Å². The summed E-state index contributed by atoms with van der Waals surface area (Å²) in [5.41, 5.74) is 2.56. The van der Waals surface area contributed by atoms with E-state index in [0.717, 1.165) is 63.4 Å². The molecule has 3 aliphatic heterocycles. The van der Waals surface area contributed by atoms with E-state index in [0.29, 0.717) is 24.2 Å². The van der Waals surface area contributed by atoms with E-state index in [2.05, 4.69) is 36.7 Å². The van der Waals surface area contributed by atoms with E-state index in [-0.39, 0.29) is 29.4 Å². The van der Waals surface area contributed by atoms with Gasteiger partial charge in [0.2, 0.25) is 0 Å². The van der Waals surface area contributed by atoms with Gasteiger partial charge in [0.15, 0.2) is 11.6 Å². The van der Waals surface area contributed by atoms with Crippen molar-refractivity contribution in [2.45, 2.75) is 77.6 Å². The van der Waals surface area contributed by atoms with Gasteiger partial charge in [-0.15, -0.1) is 0 Å². The Morgan fingerprint density at radius 2 is 1.89 bits per heavy atom. The van der Waals surface area contributed by atoms with Crippen LogP contribution in [0.2, 0.25) is 0 Å². The van der Waals surface area contributed by atoms with Crippen molar-refractivity contribution in [2.75, 3.05) is 51.2 Å². The Hall–Kier alpha value is -3.83. The molecule has 10 nitrogen and oxygen atoms in total. The lowest BCUT2D eigenvalue weighted by Crippen LogP contribution is -2.46. The topological polar surface area (TPSA) is 87.2 Å². The Kier molecular flexibility index (Phi) is 9.98.